The van der Waals surface area contributed by atoms with E-state index in [1.54, 1.807) is 65.0 Å². The van der Waals surface area contributed by atoms with Crippen molar-refractivity contribution >= 4 is 66.7 Å². The Labute approximate surface area is 452 Å². The van der Waals surface area contributed by atoms with Crippen molar-refractivity contribution in [1.82, 2.24) is 30.7 Å². The van der Waals surface area contributed by atoms with Crippen molar-refractivity contribution in [3.05, 3.63) is 48.2 Å². The zero-order chi connectivity index (χ0) is 58.8. The number of benzene rings is 1. The van der Waals surface area contributed by atoms with Crippen LogP contribution in [0.5, 0.6) is 0 Å². The normalized spacial score (nSPS) is 24.5. The van der Waals surface area contributed by atoms with E-state index in [0.29, 0.717) is 18.4 Å². The molecule has 24 heteroatoms. The minimum atomic E-state index is -4.35. The third kappa shape index (κ3) is 19.4. The number of rotatable bonds is 20. The predicted octanol–water partition coefficient (Wildman–Crippen LogP) is 3.23. The lowest BCUT2D eigenvalue weighted by Gasteiger charge is -2.38. The van der Waals surface area contributed by atoms with Crippen LogP contribution in [0.2, 0.25) is 0 Å². The summed E-state index contributed by atoms with van der Waals surface area (Å²) in [7, 11) is 0.481. The van der Waals surface area contributed by atoms with Gasteiger partial charge in [-0.1, -0.05) is 91.3 Å². The molecule has 77 heavy (non-hydrogen) atoms. The van der Waals surface area contributed by atoms with Crippen molar-refractivity contribution in [3.8, 4) is 0 Å². The van der Waals surface area contributed by atoms with Crippen LogP contribution < -0.4 is 16.0 Å². The average Bonchev–Trinajstić information content (AvgIpc) is 3.37. The molecule has 1 heterocycles. The van der Waals surface area contributed by atoms with Gasteiger partial charge in [-0.3, -0.25) is 42.9 Å². The first-order valence-corrected chi connectivity index (χ1v) is 27.7. The van der Waals surface area contributed by atoms with Gasteiger partial charge in [0.1, 0.15) is 41.8 Å². The van der Waals surface area contributed by atoms with E-state index in [1.807, 2.05) is 6.92 Å². The number of ketones is 1. The molecule has 0 aliphatic carbocycles. The lowest BCUT2D eigenvalue weighted by atomic mass is 9.88. The zero-order valence-corrected chi connectivity index (χ0v) is 48.2. The maximum Gasteiger partial charge on any atom is 0.333 e. The first kappa shape index (κ1) is 67.1. The highest BCUT2D eigenvalue weighted by molar-refractivity contribution is 7.52. The second kappa shape index (κ2) is 30.8. The predicted molar refractivity (Wildman–Crippen MR) is 282 cm³/mol. The maximum atomic E-state index is 15.3. The monoisotopic (exact) mass is 1110 g/mol. The first-order valence-electron chi connectivity index (χ1n) is 25.9. The molecule has 0 saturated carbocycles. The number of amides is 6. The largest absolute Gasteiger partial charge is 0.459 e. The molecule has 12 atom stereocenters. The Morgan fingerprint density at radius 1 is 0.844 bits per heavy atom. The van der Waals surface area contributed by atoms with Crippen LogP contribution in [0.1, 0.15) is 114 Å². The van der Waals surface area contributed by atoms with E-state index in [0.717, 1.165) is 28.0 Å². The molecular formula is C53H83N6O17P. The fourth-order valence-corrected chi connectivity index (χ4v) is 9.85. The van der Waals surface area contributed by atoms with Gasteiger partial charge in [-0.2, -0.15) is 0 Å². The van der Waals surface area contributed by atoms with Crippen LogP contribution in [0.4, 0.5) is 0 Å². The van der Waals surface area contributed by atoms with Crippen LogP contribution in [0.25, 0.3) is 0 Å². The number of hydrogen-bond acceptors (Lipinski definition) is 16. The Hall–Kier alpha value is -6.03. The lowest BCUT2D eigenvalue weighted by Crippen LogP contribution is -2.63. The number of likely N-dealkylation sites (N-methyl/N-ethyl adjacent to an activating group) is 3. The van der Waals surface area contributed by atoms with Crippen molar-refractivity contribution in [2.75, 3.05) is 34.4 Å². The molecule has 23 nitrogen and oxygen atoms in total. The van der Waals surface area contributed by atoms with Gasteiger partial charge in [0.25, 0.3) is 11.8 Å². The number of carbonyl (C=O) groups is 10. The maximum absolute atomic E-state index is 15.3. The first-order chi connectivity index (χ1) is 35.8. The van der Waals surface area contributed by atoms with E-state index >= 15 is 4.79 Å². The minimum absolute atomic E-state index is 0.0232. The number of hydrogen-bond donors (Lipinski definition) is 4. The van der Waals surface area contributed by atoms with Gasteiger partial charge in [-0.25, -0.2) is 9.59 Å². The molecule has 0 spiro atoms. The highest BCUT2D eigenvalue weighted by atomic mass is 31.2. The number of nitrogens with one attached hydrogen (secondary N) is 3. The minimum Gasteiger partial charge on any atom is -0.459 e. The third-order valence-electron chi connectivity index (χ3n) is 13.4. The Bertz CT molecular complexity index is 2310. The van der Waals surface area contributed by atoms with Gasteiger partial charge in [-0.05, 0) is 51.5 Å². The second-order valence-electron chi connectivity index (χ2n) is 20.2. The van der Waals surface area contributed by atoms with Gasteiger partial charge in [0.2, 0.25) is 23.6 Å². The number of unbranched alkanes of at least 4 members (excludes halogenated alkanes) is 2. The standard InChI is InChI=1S/C53H83N6O17P/c1-17-19-23-26-77(70,71)76-44(29(3)4)39(28-38(61)18-2)51(67)75-45(30(5)6)42-50(66)59(15)43(35(11)72-16)53(69)73-34(10)41(55-36(12)60)52(68)74-40(27-37-24-21-20-22-25-37)49(65)58(14)32(8)46(62)54-31(7)48(64)57(13)33(9)47(63)56-42/h20-22,24-25,29-31,33-35,39-45H,8,17-19,23,26-28H2,1-7,9-16H3,(H,54,62)(H,55,60)(H,56,63)(H,70,71)/t31-,33-,34+,35+,39-,40+,41-,42-,43-,44+,45+/m0/s1. The molecule has 0 radical (unpaired) electrons. The van der Waals surface area contributed by atoms with E-state index in [9.17, 15) is 52.6 Å². The smallest absolute Gasteiger partial charge is 0.333 e. The molecule has 1 aliphatic rings. The number of ether oxygens (including phenoxy) is 4. The average molecular weight is 1110 g/mol. The van der Waals surface area contributed by atoms with Crippen molar-refractivity contribution in [2.45, 2.75) is 175 Å². The van der Waals surface area contributed by atoms with Crippen molar-refractivity contribution < 1.29 is 80.9 Å². The third-order valence-corrected chi connectivity index (χ3v) is 14.8. The highest BCUT2D eigenvalue weighted by Gasteiger charge is 2.47. The van der Waals surface area contributed by atoms with E-state index in [-0.39, 0.29) is 19.0 Å². The van der Waals surface area contributed by atoms with Gasteiger partial charge in [-0.15, -0.1) is 0 Å². The summed E-state index contributed by atoms with van der Waals surface area (Å²) in [5.41, 5.74) is 0.0333. The van der Waals surface area contributed by atoms with Gasteiger partial charge < -0.3 is 59.0 Å². The summed E-state index contributed by atoms with van der Waals surface area (Å²) in [6.07, 6.45) is -6.72. The topological polar surface area (TPSA) is 300 Å². The Morgan fingerprint density at radius 2 is 1.45 bits per heavy atom. The van der Waals surface area contributed by atoms with Crippen LogP contribution in [0.3, 0.4) is 0 Å². The summed E-state index contributed by atoms with van der Waals surface area (Å²) in [5, 5.41) is 7.45. The number of nitrogens with zero attached hydrogens (tertiary/aromatic N) is 3. The Balaban J connectivity index is 2.94. The molecule has 2 rings (SSSR count). The number of Topliss-reactive ketones (excluding diaryl/α,β-unsaturated/α-hetero) is 1. The molecule has 1 aromatic rings. The summed E-state index contributed by atoms with van der Waals surface area (Å²) < 4.78 is 42.6. The summed E-state index contributed by atoms with van der Waals surface area (Å²) in [5.74, 6) is -12.6. The molecule has 1 aromatic carbocycles. The lowest BCUT2D eigenvalue weighted by molar-refractivity contribution is -0.174. The molecule has 432 valence electrons. The molecule has 4 N–H and O–H groups in total. The summed E-state index contributed by atoms with van der Waals surface area (Å²) in [6, 6.07) is 0.125. The van der Waals surface area contributed by atoms with Crippen molar-refractivity contribution in [2.24, 2.45) is 17.8 Å². The fraction of sp³-hybridized carbons (Fsp3) is 0.660. The van der Waals surface area contributed by atoms with E-state index in [2.05, 4.69) is 22.5 Å². The van der Waals surface area contributed by atoms with Crippen LogP contribution in [0, 0.1) is 17.8 Å². The molecule has 6 amide bonds. The quantitative estimate of drug-likeness (QED) is 0.0479. The molecule has 1 fully saturated rings. The van der Waals surface area contributed by atoms with E-state index in [1.165, 1.54) is 55.9 Å². The molecule has 1 saturated heterocycles. The number of cyclic esters (lactones) is 2. The SMILES string of the molecule is C=C1C(=O)N[C@@H](C)C(=O)N(C)[C@@H](C)C(=O)N[C@@H]([C@H](OC(=O)[C@@H](CC(=O)CC)[C@H](OP(=O)(O)CCCCC)C(C)C)C(C)C)C(=O)N(C)[C@@H]([C@@H](C)OC)C(=O)O[C@H](C)[C@H](NC(C)=O)C(=O)O[C@H](Cc2ccccc2)C(=O)N1C. The summed E-state index contributed by atoms with van der Waals surface area (Å²) in [4.78, 5) is 154. The molecule has 1 aliphatic heterocycles. The van der Waals surface area contributed by atoms with Crippen LogP contribution in [-0.2, 0) is 82.4 Å². The number of esters is 3. The van der Waals surface area contributed by atoms with Crippen molar-refractivity contribution in [1.29, 1.82) is 0 Å². The summed E-state index contributed by atoms with van der Waals surface area (Å²) in [6.45, 7) is 19.9. The second-order valence-corrected chi connectivity index (χ2v) is 22.1. The highest BCUT2D eigenvalue weighted by Crippen LogP contribution is 2.47. The van der Waals surface area contributed by atoms with Crippen LogP contribution in [0.15, 0.2) is 42.6 Å². The van der Waals surface area contributed by atoms with Crippen LogP contribution in [-0.4, -0.2) is 174 Å². The fourth-order valence-electron chi connectivity index (χ4n) is 8.35. The summed E-state index contributed by atoms with van der Waals surface area (Å²) >= 11 is 0. The Kier molecular flexibility index (Phi) is 26.8. The molecule has 0 aromatic heterocycles. The van der Waals surface area contributed by atoms with Crippen LogP contribution >= 0.6 is 7.60 Å². The van der Waals surface area contributed by atoms with Gasteiger partial charge in [0, 0.05) is 60.6 Å². The molecule has 0 bridgehead atoms. The van der Waals surface area contributed by atoms with E-state index < -0.39 is 157 Å². The van der Waals surface area contributed by atoms with Crippen molar-refractivity contribution in [3.63, 3.8) is 0 Å². The molecule has 1 unspecified atom stereocenters. The Morgan fingerprint density at radius 3 is 1.99 bits per heavy atom. The zero-order valence-electron chi connectivity index (χ0n) is 47.3. The van der Waals surface area contributed by atoms with Gasteiger partial charge in [0.05, 0.1) is 18.1 Å². The number of methoxy groups -OCH3 is 1. The van der Waals surface area contributed by atoms with Gasteiger partial charge >= 0.3 is 25.5 Å². The molecular weight excluding hydrogens is 1020 g/mol. The van der Waals surface area contributed by atoms with Gasteiger partial charge in [0.15, 0.2) is 18.2 Å². The van der Waals surface area contributed by atoms with E-state index in [4.69, 9.17) is 23.5 Å². The number of carbonyl (C=O) groups excluding carboxylic acids is 10.